The second-order valence-corrected chi connectivity index (χ2v) is 7.06. The Labute approximate surface area is 155 Å². The molecule has 0 aliphatic rings. The Morgan fingerprint density at radius 2 is 1.84 bits per heavy atom. The van der Waals surface area contributed by atoms with Crippen LogP contribution in [0.15, 0.2) is 42.5 Å². The summed E-state index contributed by atoms with van der Waals surface area (Å²) >= 11 is 7.42. The molecule has 0 aliphatic heterocycles. The zero-order valence-electron chi connectivity index (χ0n) is 14.1. The van der Waals surface area contributed by atoms with Crippen molar-refractivity contribution in [1.82, 2.24) is 5.32 Å². The first kappa shape index (κ1) is 17.6. The largest absolute Gasteiger partial charge is 0.497 e. The van der Waals surface area contributed by atoms with Crippen LogP contribution in [0.5, 0.6) is 11.5 Å². The fraction of sp³-hybridized carbons (Fsp3) is 0.211. The van der Waals surface area contributed by atoms with E-state index in [0.717, 1.165) is 21.4 Å². The van der Waals surface area contributed by atoms with E-state index >= 15 is 0 Å². The highest BCUT2D eigenvalue weighted by Gasteiger charge is 2.21. The molecule has 1 amide bonds. The van der Waals surface area contributed by atoms with Crippen molar-refractivity contribution in [1.29, 1.82) is 0 Å². The summed E-state index contributed by atoms with van der Waals surface area (Å²) in [6.07, 6.45) is 0. The number of rotatable bonds is 5. The molecular weight excluding hydrogens is 358 g/mol. The molecule has 0 radical (unpaired) electrons. The van der Waals surface area contributed by atoms with E-state index in [4.69, 9.17) is 21.1 Å². The molecule has 0 fully saturated rings. The number of ether oxygens (including phenoxy) is 2. The van der Waals surface area contributed by atoms with E-state index in [-0.39, 0.29) is 11.9 Å². The molecular formula is C19H18ClNO3S. The van der Waals surface area contributed by atoms with E-state index in [1.54, 1.807) is 20.3 Å². The molecule has 0 saturated carbocycles. The second kappa shape index (κ2) is 7.33. The second-order valence-electron chi connectivity index (χ2n) is 5.57. The fourth-order valence-corrected chi connectivity index (χ4v) is 3.99. The molecule has 2 aromatic carbocycles. The Bertz CT molecular complexity index is 905. The van der Waals surface area contributed by atoms with Gasteiger partial charge in [0.15, 0.2) is 0 Å². The van der Waals surface area contributed by atoms with Gasteiger partial charge in [0.05, 0.1) is 20.3 Å². The first-order chi connectivity index (χ1) is 12.0. The van der Waals surface area contributed by atoms with Crippen LogP contribution < -0.4 is 14.8 Å². The molecule has 1 N–H and O–H groups in total. The van der Waals surface area contributed by atoms with Crippen LogP contribution in [0.25, 0.3) is 10.1 Å². The number of halogens is 1. The fourth-order valence-electron chi connectivity index (χ4n) is 2.64. The standard InChI is InChI=1S/C19H18ClNO3S/c1-11(12-4-7-14(23-2)8-5-12)21-19(22)18-17(24-3)15-9-6-13(20)10-16(15)25-18/h4-11H,1-3H3,(H,21,22)/t11-/m1/s1. The van der Waals surface area contributed by atoms with Crippen molar-refractivity contribution in [2.45, 2.75) is 13.0 Å². The Kier molecular flexibility index (Phi) is 5.16. The first-order valence-electron chi connectivity index (χ1n) is 7.74. The topological polar surface area (TPSA) is 47.6 Å². The third-order valence-electron chi connectivity index (χ3n) is 3.98. The predicted molar refractivity (Wildman–Crippen MR) is 102 cm³/mol. The van der Waals surface area contributed by atoms with Gasteiger partial charge >= 0.3 is 0 Å². The van der Waals surface area contributed by atoms with Crippen LogP contribution in [-0.4, -0.2) is 20.1 Å². The molecule has 4 nitrogen and oxygen atoms in total. The number of thiophene rings is 1. The van der Waals surface area contributed by atoms with E-state index in [0.29, 0.717) is 15.6 Å². The molecule has 1 heterocycles. The minimum absolute atomic E-state index is 0.142. The van der Waals surface area contributed by atoms with Crippen molar-refractivity contribution in [2.75, 3.05) is 14.2 Å². The lowest BCUT2D eigenvalue weighted by Crippen LogP contribution is -2.26. The molecule has 130 valence electrons. The number of hydrogen-bond acceptors (Lipinski definition) is 4. The third-order valence-corrected chi connectivity index (χ3v) is 5.35. The predicted octanol–water partition coefficient (Wildman–Crippen LogP) is 5.06. The van der Waals surface area contributed by atoms with E-state index in [9.17, 15) is 4.79 Å². The Morgan fingerprint density at radius 1 is 1.12 bits per heavy atom. The molecule has 6 heteroatoms. The van der Waals surface area contributed by atoms with Crippen LogP contribution >= 0.6 is 22.9 Å². The molecule has 3 rings (SSSR count). The van der Waals surface area contributed by atoms with Gasteiger partial charge < -0.3 is 14.8 Å². The summed E-state index contributed by atoms with van der Waals surface area (Å²) in [6, 6.07) is 13.0. The van der Waals surface area contributed by atoms with Gasteiger partial charge in [-0.2, -0.15) is 0 Å². The number of amides is 1. The zero-order chi connectivity index (χ0) is 18.0. The van der Waals surface area contributed by atoms with Crippen molar-refractivity contribution in [3.8, 4) is 11.5 Å². The maximum absolute atomic E-state index is 12.7. The highest BCUT2D eigenvalue weighted by atomic mass is 35.5. The van der Waals surface area contributed by atoms with E-state index in [1.165, 1.54) is 11.3 Å². The number of carbonyl (C=O) groups is 1. The van der Waals surface area contributed by atoms with Crippen LogP contribution in [0.2, 0.25) is 5.02 Å². The van der Waals surface area contributed by atoms with Gasteiger partial charge in [-0.3, -0.25) is 4.79 Å². The summed E-state index contributed by atoms with van der Waals surface area (Å²) in [7, 11) is 3.19. The molecule has 0 aliphatic carbocycles. The zero-order valence-corrected chi connectivity index (χ0v) is 15.7. The average Bonchev–Trinajstić information content (AvgIpc) is 2.99. The number of methoxy groups -OCH3 is 2. The van der Waals surface area contributed by atoms with Crippen molar-refractivity contribution in [3.63, 3.8) is 0 Å². The van der Waals surface area contributed by atoms with Gasteiger partial charge in [0, 0.05) is 15.1 Å². The summed E-state index contributed by atoms with van der Waals surface area (Å²) in [5, 5.41) is 4.54. The van der Waals surface area contributed by atoms with Crippen LogP contribution in [0.3, 0.4) is 0 Å². The summed E-state index contributed by atoms with van der Waals surface area (Å²) < 4.78 is 11.5. The van der Waals surface area contributed by atoms with Gasteiger partial charge in [0.1, 0.15) is 16.4 Å². The minimum atomic E-state index is -0.169. The van der Waals surface area contributed by atoms with Gasteiger partial charge in [0.2, 0.25) is 0 Å². The van der Waals surface area contributed by atoms with Crippen molar-refractivity contribution < 1.29 is 14.3 Å². The van der Waals surface area contributed by atoms with Crippen LogP contribution in [0, 0.1) is 0 Å². The minimum Gasteiger partial charge on any atom is -0.497 e. The summed E-state index contributed by atoms with van der Waals surface area (Å²) in [5.41, 5.74) is 0.997. The Morgan fingerprint density at radius 3 is 2.48 bits per heavy atom. The summed E-state index contributed by atoms with van der Waals surface area (Å²) in [4.78, 5) is 13.3. The smallest absolute Gasteiger partial charge is 0.265 e. The quantitative estimate of drug-likeness (QED) is 0.677. The van der Waals surface area contributed by atoms with Crippen LogP contribution in [0.4, 0.5) is 0 Å². The molecule has 25 heavy (non-hydrogen) atoms. The molecule has 3 aromatic rings. The summed E-state index contributed by atoms with van der Waals surface area (Å²) in [6.45, 7) is 1.94. The van der Waals surface area contributed by atoms with Gasteiger partial charge in [-0.15, -0.1) is 11.3 Å². The molecule has 1 aromatic heterocycles. The van der Waals surface area contributed by atoms with E-state index < -0.39 is 0 Å². The average molecular weight is 376 g/mol. The molecule has 1 atom stereocenters. The number of nitrogens with one attached hydrogen (secondary N) is 1. The van der Waals surface area contributed by atoms with Crippen LogP contribution in [-0.2, 0) is 0 Å². The van der Waals surface area contributed by atoms with Gasteiger partial charge in [-0.05, 0) is 42.8 Å². The molecule has 0 bridgehead atoms. The van der Waals surface area contributed by atoms with Crippen molar-refractivity contribution in [2.24, 2.45) is 0 Å². The van der Waals surface area contributed by atoms with Crippen molar-refractivity contribution in [3.05, 3.63) is 57.9 Å². The number of fused-ring (bicyclic) bond motifs is 1. The Balaban J connectivity index is 1.86. The normalized spacial score (nSPS) is 12.0. The monoisotopic (exact) mass is 375 g/mol. The molecule has 0 unspecified atom stereocenters. The lowest BCUT2D eigenvalue weighted by atomic mass is 10.1. The van der Waals surface area contributed by atoms with Gasteiger partial charge in [0.25, 0.3) is 5.91 Å². The van der Waals surface area contributed by atoms with Crippen LogP contribution in [0.1, 0.15) is 28.2 Å². The first-order valence-corrected chi connectivity index (χ1v) is 8.93. The number of benzene rings is 2. The maximum Gasteiger partial charge on any atom is 0.265 e. The lowest BCUT2D eigenvalue weighted by Gasteiger charge is -2.14. The van der Waals surface area contributed by atoms with E-state index in [1.807, 2.05) is 43.3 Å². The molecule has 0 spiro atoms. The Hall–Kier alpha value is -2.24. The highest BCUT2D eigenvalue weighted by molar-refractivity contribution is 7.21. The molecule has 0 saturated heterocycles. The van der Waals surface area contributed by atoms with Gasteiger partial charge in [-0.25, -0.2) is 0 Å². The van der Waals surface area contributed by atoms with E-state index in [2.05, 4.69) is 5.32 Å². The maximum atomic E-state index is 12.7. The SMILES string of the molecule is COc1ccc([C@@H](C)NC(=O)c2sc3cc(Cl)ccc3c2OC)cc1. The van der Waals surface area contributed by atoms with Gasteiger partial charge in [-0.1, -0.05) is 23.7 Å². The van der Waals surface area contributed by atoms with Crippen molar-refractivity contribution >= 4 is 38.9 Å². The lowest BCUT2D eigenvalue weighted by molar-refractivity contribution is 0.0941. The third kappa shape index (κ3) is 3.57. The summed E-state index contributed by atoms with van der Waals surface area (Å²) in [5.74, 6) is 1.19. The highest BCUT2D eigenvalue weighted by Crippen LogP contribution is 2.39. The number of carbonyl (C=O) groups excluding carboxylic acids is 1. The number of hydrogen-bond donors (Lipinski definition) is 1.